The van der Waals surface area contributed by atoms with E-state index in [0.717, 1.165) is 11.5 Å². The van der Waals surface area contributed by atoms with Crippen molar-refractivity contribution in [1.82, 2.24) is 0 Å². The molecule has 1 saturated heterocycles. The molecule has 0 aromatic carbocycles. The van der Waals surface area contributed by atoms with Crippen LogP contribution in [0.1, 0.15) is 0 Å². The van der Waals surface area contributed by atoms with Gasteiger partial charge in [-0.15, -0.1) is 0 Å². The van der Waals surface area contributed by atoms with Crippen LogP contribution in [-0.2, 0) is 0 Å². The summed E-state index contributed by atoms with van der Waals surface area (Å²) >= 11 is 1.89. The summed E-state index contributed by atoms with van der Waals surface area (Å²) in [6, 6.07) is 0. The number of nitrogens with zero attached hydrogens (tertiary/aromatic N) is 1. The second-order valence-corrected chi connectivity index (χ2v) is 2.79. The highest BCUT2D eigenvalue weighted by Gasteiger charge is 2.17. The molecule has 0 saturated carbocycles. The number of rotatable bonds is 2. The van der Waals surface area contributed by atoms with E-state index in [9.17, 15) is 4.91 Å². The molecule has 0 aliphatic carbocycles. The Bertz CT molecular complexity index is 72.1. The molecule has 1 heterocycles. The fraction of sp³-hybridized carbons (Fsp3) is 1.00. The minimum absolute atomic E-state index is 0.535. The van der Waals surface area contributed by atoms with Gasteiger partial charge in [0.2, 0.25) is 0 Å². The molecular weight excluding hydrogens is 110 g/mol. The van der Waals surface area contributed by atoms with Crippen LogP contribution in [0.2, 0.25) is 0 Å². The number of thioether (sulfide) groups is 1. The SMILES string of the molecule is O=NCC1CSC1. The van der Waals surface area contributed by atoms with Crippen molar-refractivity contribution in [3.05, 3.63) is 4.91 Å². The average Bonchev–Trinajstić information content (AvgIpc) is 1.55. The quantitative estimate of drug-likeness (QED) is 0.507. The lowest BCUT2D eigenvalue weighted by Crippen LogP contribution is -2.20. The van der Waals surface area contributed by atoms with Gasteiger partial charge >= 0.3 is 0 Å². The van der Waals surface area contributed by atoms with E-state index in [-0.39, 0.29) is 0 Å². The predicted molar refractivity (Wildman–Crippen MR) is 31.5 cm³/mol. The van der Waals surface area contributed by atoms with Gasteiger partial charge in [0.15, 0.2) is 0 Å². The lowest BCUT2D eigenvalue weighted by Gasteiger charge is -2.20. The molecule has 1 rings (SSSR count). The molecule has 0 atom stereocenters. The Morgan fingerprint density at radius 1 is 1.71 bits per heavy atom. The van der Waals surface area contributed by atoms with Crippen molar-refractivity contribution in [2.45, 2.75) is 0 Å². The molecule has 1 fully saturated rings. The van der Waals surface area contributed by atoms with Crippen molar-refractivity contribution in [2.24, 2.45) is 11.1 Å². The van der Waals surface area contributed by atoms with Gasteiger partial charge in [0, 0.05) is 0 Å². The summed E-state index contributed by atoms with van der Waals surface area (Å²) in [5, 5.41) is 2.79. The summed E-state index contributed by atoms with van der Waals surface area (Å²) < 4.78 is 0. The highest BCUT2D eigenvalue weighted by Crippen LogP contribution is 2.24. The Hall–Kier alpha value is -0.0500. The first-order chi connectivity index (χ1) is 3.43. The van der Waals surface area contributed by atoms with Crippen molar-refractivity contribution in [1.29, 1.82) is 0 Å². The van der Waals surface area contributed by atoms with Gasteiger partial charge in [0.25, 0.3) is 0 Å². The Balaban J connectivity index is 2.03. The molecule has 0 aromatic rings. The number of hydrogen-bond donors (Lipinski definition) is 0. The van der Waals surface area contributed by atoms with Gasteiger partial charge in [-0.3, -0.25) is 0 Å². The summed E-state index contributed by atoms with van der Waals surface area (Å²) in [5.41, 5.74) is 0. The summed E-state index contributed by atoms with van der Waals surface area (Å²) in [5.74, 6) is 2.90. The fourth-order valence-electron chi connectivity index (χ4n) is 0.495. The molecule has 7 heavy (non-hydrogen) atoms. The first kappa shape index (κ1) is 5.09. The van der Waals surface area contributed by atoms with E-state index in [0.29, 0.717) is 12.5 Å². The number of hydrogen-bond acceptors (Lipinski definition) is 3. The van der Waals surface area contributed by atoms with Crippen molar-refractivity contribution < 1.29 is 0 Å². The molecule has 2 nitrogen and oxygen atoms in total. The zero-order valence-electron chi connectivity index (χ0n) is 3.96. The van der Waals surface area contributed by atoms with Crippen LogP contribution in [-0.4, -0.2) is 18.1 Å². The van der Waals surface area contributed by atoms with Crippen molar-refractivity contribution >= 4 is 11.8 Å². The third-order valence-corrected chi connectivity index (χ3v) is 2.45. The Kier molecular flexibility index (Phi) is 1.68. The minimum atomic E-state index is 0.535. The van der Waals surface area contributed by atoms with Crippen molar-refractivity contribution in [3.8, 4) is 0 Å². The van der Waals surface area contributed by atoms with Gasteiger partial charge in [-0.1, -0.05) is 5.18 Å². The minimum Gasteiger partial charge on any atom is -0.161 e. The second kappa shape index (κ2) is 2.31. The molecule has 1 aliphatic rings. The van der Waals surface area contributed by atoms with E-state index in [4.69, 9.17) is 0 Å². The van der Waals surface area contributed by atoms with Crippen LogP contribution in [0.25, 0.3) is 0 Å². The maximum absolute atomic E-state index is 9.55. The molecule has 0 spiro atoms. The highest BCUT2D eigenvalue weighted by molar-refractivity contribution is 8.00. The van der Waals surface area contributed by atoms with Crippen molar-refractivity contribution in [3.63, 3.8) is 0 Å². The summed E-state index contributed by atoms with van der Waals surface area (Å²) in [6.07, 6.45) is 0. The Morgan fingerprint density at radius 3 is 2.57 bits per heavy atom. The third kappa shape index (κ3) is 1.16. The molecular formula is C4H7NOS. The average molecular weight is 117 g/mol. The van der Waals surface area contributed by atoms with E-state index in [2.05, 4.69) is 5.18 Å². The maximum Gasteiger partial charge on any atom is 0.0855 e. The standard InChI is InChI=1S/C4H7NOS/c6-5-1-4-2-7-3-4/h4H,1-3H2. The van der Waals surface area contributed by atoms with Crippen LogP contribution in [0.5, 0.6) is 0 Å². The zero-order valence-corrected chi connectivity index (χ0v) is 4.78. The van der Waals surface area contributed by atoms with Gasteiger partial charge < -0.3 is 0 Å². The Morgan fingerprint density at radius 2 is 2.43 bits per heavy atom. The van der Waals surface area contributed by atoms with Crippen LogP contribution in [0.4, 0.5) is 0 Å². The topological polar surface area (TPSA) is 29.4 Å². The summed E-state index contributed by atoms with van der Waals surface area (Å²) in [6.45, 7) is 0.535. The van der Waals surface area contributed by atoms with Crippen LogP contribution in [0, 0.1) is 10.8 Å². The van der Waals surface area contributed by atoms with Gasteiger partial charge in [0.05, 0.1) is 6.54 Å². The van der Waals surface area contributed by atoms with Crippen molar-refractivity contribution in [2.75, 3.05) is 18.1 Å². The Labute approximate surface area is 46.6 Å². The van der Waals surface area contributed by atoms with Gasteiger partial charge in [-0.25, -0.2) is 0 Å². The van der Waals surface area contributed by atoms with Crippen LogP contribution in [0.3, 0.4) is 0 Å². The molecule has 0 amide bonds. The monoisotopic (exact) mass is 117 g/mol. The largest absolute Gasteiger partial charge is 0.161 e. The van der Waals surface area contributed by atoms with Gasteiger partial charge in [-0.2, -0.15) is 16.7 Å². The van der Waals surface area contributed by atoms with Gasteiger partial charge in [0.1, 0.15) is 0 Å². The van der Waals surface area contributed by atoms with Crippen LogP contribution >= 0.6 is 11.8 Å². The summed E-state index contributed by atoms with van der Waals surface area (Å²) in [7, 11) is 0. The van der Waals surface area contributed by atoms with Gasteiger partial charge in [-0.05, 0) is 17.4 Å². The fourth-order valence-corrected chi connectivity index (χ4v) is 1.28. The molecule has 40 valence electrons. The molecule has 0 unspecified atom stereocenters. The number of nitroso groups, excluding NO2 is 1. The van der Waals surface area contributed by atoms with Crippen LogP contribution < -0.4 is 0 Å². The maximum atomic E-state index is 9.55. The summed E-state index contributed by atoms with van der Waals surface area (Å²) in [4.78, 5) is 9.55. The first-order valence-corrected chi connectivity index (χ1v) is 3.46. The molecule has 0 aromatic heterocycles. The third-order valence-electron chi connectivity index (χ3n) is 1.04. The molecule has 0 radical (unpaired) electrons. The second-order valence-electron chi connectivity index (χ2n) is 1.72. The normalized spacial score (nSPS) is 21.1. The molecule has 0 bridgehead atoms. The lowest BCUT2D eigenvalue weighted by molar-refractivity contribution is 0.652. The molecule has 1 aliphatic heterocycles. The molecule has 0 N–H and O–H groups in total. The van der Waals surface area contributed by atoms with E-state index in [1.807, 2.05) is 11.8 Å². The first-order valence-electron chi connectivity index (χ1n) is 2.30. The molecule has 3 heteroatoms. The zero-order chi connectivity index (χ0) is 5.11. The van der Waals surface area contributed by atoms with E-state index >= 15 is 0 Å². The van der Waals surface area contributed by atoms with E-state index < -0.39 is 0 Å². The van der Waals surface area contributed by atoms with E-state index in [1.54, 1.807) is 0 Å². The van der Waals surface area contributed by atoms with Crippen LogP contribution in [0.15, 0.2) is 5.18 Å². The lowest BCUT2D eigenvalue weighted by atomic mass is 10.2. The van der Waals surface area contributed by atoms with E-state index in [1.165, 1.54) is 0 Å². The smallest absolute Gasteiger partial charge is 0.0855 e. The highest BCUT2D eigenvalue weighted by atomic mass is 32.2. The predicted octanol–water partition coefficient (Wildman–Crippen LogP) is 1.12.